The Kier molecular flexibility index (Phi) is 5.94. The summed E-state index contributed by atoms with van der Waals surface area (Å²) in [6, 6.07) is 8.47. The third-order valence-corrected chi connectivity index (χ3v) is 5.71. The summed E-state index contributed by atoms with van der Waals surface area (Å²) in [4.78, 5) is 17.1. The monoisotopic (exact) mass is 374 g/mol. The second-order valence-electron chi connectivity index (χ2n) is 9.08. The highest BCUT2D eigenvalue weighted by Crippen LogP contribution is 2.27. The predicted octanol–water partition coefficient (Wildman–Crippen LogP) is 2.77. The standard InChI is InChI=1S/C22H34N2O3/c1-17(2)19-8-6-18(7-9-19)14-24-11-5-10-22(26,20(24)25)16-23-12-13-27-21(3,4)15-23/h6-9,17,26H,5,10-16H2,1-4H3. The summed E-state index contributed by atoms with van der Waals surface area (Å²) < 4.78 is 5.75. The van der Waals surface area contributed by atoms with Crippen molar-refractivity contribution in [3.8, 4) is 0 Å². The fourth-order valence-electron chi connectivity index (χ4n) is 4.21. The van der Waals surface area contributed by atoms with Gasteiger partial charge in [0.05, 0.1) is 12.2 Å². The zero-order chi connectivity index (χ0) is 19.7. The number of rotatable bonds is 5. The summed E-state index contributed by atoms with van der Waals surface area (Å²) in [6.45, 7) is 12.3. The second kappa shape index (κ2) is 7.90. The highest BCUT2D eigenvalue weighted by Gasteiger charge is 2.44. The molecule has 27 heavy (non-hydrogen) atoms. The topological polar surface area (TPSA) is 53.0 Å². The molecule has 1 amide bonds. The molecule has 2 aliphatic rings. The minimum absolute atomic E-state index is 0.133. The van der Waals surface area contributed by atoms with Crippen LogP contribution in [0.4, 0.5) is 0 Å². The molecule has 1 unspecified atom stereocenters. The summed E-state index contributed by atoms with van der Waals surface area (Å²) in [5, 5.41) is 11.2. The first-order valence-electron chi connectivity index (χ1n) is 10.2. The summed E-state index contributed by atoms with van der Waals surface area (Å²) >= 11 is 0. The van der Waals surface area contributed by atoms with Crippen LogP contribution in [0.25, 0.3) is 0 Å². The molecule has 2 saturated heterocycles. The fourth-order valence-corrected chi connectivity index (χ4v) is 4.21. The molecule has 150 valence electrons. The largest absolute Gasteiger partial charge is 0.379 e. The van der Waals surface area contributed by atoms with Gasteiger partial charge in [-0.2, -0.15) is 0 Å². The zero-order valence-electron chi connectivity index (χ0n) is 17.2. The van der Waals surface area contributed by atoms with Crippen LogP contribution in [0.15, 0.2) is 24.3 Å². The quantitative estimate of drug-likeness (QED) is 0.861. The van der Waals surface area contributed by atoms with Gasteiger partial charge in [0, 0.05) is 32.7 Å². The van der Waals surface area contributed by atoms with E-state index in [4.69, 9.17) is 4.74 Å². The summed E-state index contributed by atoms with van der Waals surface area (Å²) in [5.74, 6) is 0.365. The highest BCUT2D eigenvalue weighted by molar-refractivity contribution is 5.86. The van der Waals surface area contributed by atoms with Gasteiger partial charge in [0.15, 0.2) is 5.60 Å². The number of nitrogens with zero attached hydrogens (tertiary/aromatic N) is 2. The SMILES string of the molecule is CC(C)c1ccc(CN2CCCC(O)(CN3CCOC(C)(C)C3)C2=O)cc1. The molecule has 0 radical (unpaired) electrons. The lowest BCUT2D eigenvalue weighted by Gasteiger charge is -2.44. The Morgan fingerprint density at radius 2 is 1.89 bits per heavy atom. The first-order chi connectivity index (χ1) is 12.7. The third kappa shape index (κ3) is 4.89. The number of piperidine rings is 1. The lowest BCUT2D eigenvalue weighted by Crippen LogP contribution is -2.61. The van der Waals surface area contributed by atoms with Crippen LogP contribution in [0.3, 0.4) is 0 Å². The van der Waals surface area contributed by atoms with Crippen LogP contribution in [0, 0.1) is 0 Å². The maximum Gasteiger partial charge on any atom is 0.256 e. The van der Waals surface area contributed by atoms with E-state index in [9.17, 15) is 9.90 Å². The number of carbonyl (C=O) groups excluding carboxylic acids is 1. The van der Waals surface area contributed by atoms with Crippen LogP contribution < -0.4 is 0 Å². The smallest absolute Gasteiger partial charge is 0.256 e. The molecule has 1 aromatic rings. The molecule has 2 fully saturated rings. The Labute approximate surface area is 163 Å². The van der Waals surface area contributed by atoms with Crippen molar-refractivity contribution in [2.24, 2.45) is 0 Å². The number of amides is 1. The van der Waals surface area contributed by atoms with Crippen molar-refractivity contribution in [2.75, 3.05) is 32.8 Å². The molecule has 2 heterocycles. The molecule has 2 aliphatic heterocycles. The zero-order valence-corrected chi connectivity index (χ0v) is 17.2. The number of morpholine rings is 1. The van der Waals surface area contributed by atoms with Gasteiger partial charge >= 0.3 is 0 Å². The van der Waals surface area contributed by atoms with Gasteiger partial charge in [-0.05, 0) is 43.7 Å². The van der Waals surface area contributed by atoms with Crippen molar-refractivity contribution in [1.82, 2.24) is 9.80 Å². The van der Waals surface area contributed by atoms with E-state index in [1.807, 2.05) is 4.90 Å². The van der Waals surface area contributed by atoms with E-state index in [0.29, 0.717) is 38.6 Å². The number of ether oxygens (including phenoxy) is 1. The van der Waals surface area contributed by atoms with Crippen LogP contribution >= 0.6 is 0 Å². The van der Waals surface area contributed by atoms with Crippen molar-refractivity contribution in [1.29, 1.82) is 0 Å². The second-order valence-corrected chi connectivity index (χ2v) is 9.08. The number of likely N-dealkylation sites (tertiary alicyclic amines) is 1. The molecule has 1 atom stereocenters. The van der Waals surface area contributed by atoms with E-state index in [1.54, 1.807) is 0 Å². The number of hydrogen-bond acceptors (Lipinski definition) is 4. The van der Waals surface area contributed by atoms with Crippen molar-refractivity contribution >= 4 is 5.91 Å². The molecule has 5 nitrogen and oxygen atoms in total. The van der Waals surface area contributed by atoms with E-state index >= 15 is 0 Å². The number of β-amino-alcohol motifs (C(OH)–C–C–N with tert-alkyl or cyclic N) is 1. The van der Waals surface area contributed by atoms with Gasteiger partial charge in [0.2, 0.25) is 0 Å². The molecular formula is C22H34N2O3. The number of hydrogen-bond donors (Lipinski definition) is 1. The van der Waals surface area contributed by atoms with Gasteiger partial charge in [-0.25, -0.2) is 0 Å². The Morgan fingerprint density at radius 1 is 1.19 bits per heavy atom. The first kappa shape index (κ1) is 20.3. The van der Waals surface area contributed by atoms with Crippen molar-refractivity contribution < 1.29 is 14.6 Å². The molecule has 1 N–H and O–H groups in total. The summed E-state index contributed by atoms with van der Waals surface area (Å²) in [5.41, 5.74) is 0.896. The summed E-state index contributed by atoms with van der Waals surface area (Å²) in [6.07, 6.45) is 1.37. The average Bonchev–Trinajstić information content (AvgIpc) is 2.59. The van der Waals surface area contributed by atoms with Crippen LogP contribution in [0.5, 0.6) is 0 Å². The highest BCUT2D eigenvalue weighted by atomic mass is 16.5. The van der Waals surface area contributed by atoms with E-state index in [-0.39, 0.29) is 11.5 Å². The van der Waals surface area contributed by atoms with Gasteiger partial charge in [-0.15, -0.1) is 0 Å². The molecule has 0 saturated carbocycles. The number of aliphatic hydroxyl groups is 1. The molecule has 0 bridgehead atoms. The molecule has 0 spiro atoms. The van der Waals surface area contributed by atoms with E-state index in [2.05, 4.69) is 56.9 Å². The summed E-state index contributed by atoms with van der Waals surface area (Å²) in [7, 11) is 0. The Morgan fingerprint density at radius 3 is 2.52 bits per heavy atom. The van der Waals surface area contributed by atoms with Gasteiger partial charge in [-0.1, -0.05) is 38.1 Å². The van der Waals surface area contributed by atoms with Gasteiger partial charge in [0.25, 0.3) is 5.91 Å². The van der Waals surface area contributed by atoms with Crippen molar-refractivity contribution in [3.05, 3.63) is 35.4 Å². The maximum atomic E-state index is 13.1. The van der Waals surface area contributed by atoms with Gasteiger partial charge in [0.1, 0.15) is 0 Å². The average molecular weight is 375 g/mol. The minimum Gasteiger partial charge on any atom is -0.379 e. The molecule has 0 aromatic heterocycles. The maximum absolute atomic E-state index is 13.1. The molecule has 0 aliphatic carbocycles. The predicted molar refractivity (Wildman–Crippen MR) is 107 cm³/mol. The van der Waals surface area contributed by atoms with E-state index < -0.39 is 5.60 Å². The molecule has 5 heteroatoms. The lowest BCUT2D eigenvalue weighted by molar-refractivity contribution is -0.165. The molecular weight excluding hydrogens is 340 g/mol. The van der Waals surface area contributed by atoms with Crippen molar-refractivity contribution in [3.63, 3.8) is 0 Å². The minimum atomic E-state index is -1.29. The Bertz CT molecular complexity index is 656. The lowest BCUT2D eigenvalue weighted by atomic mass is 9.90. The number of benzene rings is 1. The van der Waals surface area contributed by atoms with E-state index in [1.165, 1.54) is 5.56 Å². The molecule has 1 aromatic carbocycles. The molecule has 3 rings (SSSR count). The Hall–Kier alpha value is -1.43. The van der Waals surface area contributed by atoms with Crippen molar-refractivity contribution in [2.45, 2.75) is 64.2 Å². The first-order valence-corrected chi connectivity index (χ1v) is 10.2. The van der Waals surface area contributed by atoms with Crippen LogP contribution in [-0.4, -0.2) is 64.8 Å². The fraction of sp³-hybridized carbons (Fsp3) is 0.682. The van der Waals surface area contributed by atoms with E-state index in [0.717, 1.165) is 25.1 Å². The van der Waals surface area contributed by atoms with Crippen LogP contribution in [0.1, 0.15) is 57.6 Å². The third-order valence-electron chi connectivity index (χ3n) is 5.71. The van der Waals surface area contributed by atoms with Crippen LogP contribution in [-0.2, 0) is 16.1 Å². The van der Waals surface area contributed by atoms with Gasteiger partial charge in [-0.3, -0.25) is 9.69 Å². The number of carbonyl (C=O) groups is 1. The normalized spacial score (nSPS) is 26.6. The van der Waals surface area contributed by atoms with Gasteiger partial charge < -0.3 is 14.7 Å². The Balaban J connectivity index is 1.65. The van der Waals surface area contributed by atoms with Crippen LogP contribution in [0.2, 0.25) is 0 Å².